The zero-order valence-corrected chi connectivity index (χ0v) is 21.3. The topological polar surface area (TPSA) is 0 Å². The molecule has 0 aromatic rings. The van der Waals surface area contributed by atoms with Crippen LogP contribution < -0.4 is 24.8 Å². The van der Waals surface area contributed by atoms with Gasteiger partial charge in [-0.2, -0.15) is 0 Å². The first kappa shape index (κ1) is 22.1. The average molecular weight is 485 g/mol. The van der Waals surface area contributed by atoms with E-state index < -0.39 is 20.3 Å². The van der Waals surface area contributed by atoms with Gasteiger partial charge >= 0.3 is 159 Å². The summed E-state index contributed by atoms with van der Waals surface area (Å²) in [7, 11) is 0. The molecule has 5 aliphatic rings. The second-order valence-electron chi connectivity index (χ2n) is 10.8. The number of allylic oxidation sites excluding steroid dienone is 8. The van der Waals surface area contributed by atoms with E-state index in [0.29, 0.717) is 10.8 Å². The van der Waals surface area contributed by atoms with Crippen molar-refractivity contribution >= 4 is 0 Å². The van der Waals surface area contributed by atoms with E-state index in [1.807, 2.05) is 11.1 Å². The van der Waals surface area contributed by atoms with Gasteiger partial charge in [-0.25, -0.2) is 0 Å². The Kier molecular flexibility index (Phi) is 5.97. The Morgan fingerprint density at radius 2 is 1.15 bits per heavy atom. The predicted molar refractivity (Wildman–Crippen MR) is 105 cm³/mol. The van der Waals surface area contributed by atoms with E-state index >= 15 is 0 Å². The van der Waals surface area contributed by atoms with E-state index in [4.69, 9.17) is 0 Å². The van der Waals surface area contributed by atoms with Crippen LogP contribution in [0.3, 0.4) is 0 Å². The molecule has 3 heteroatoms. The smallest absolute Gasteiger partial charge is 1.00 e. The Morgan fingerprint density at radius 1 is 0.741 bits per heavy atom. The second-order valence-corrected chi connectivity index (χ2v) is 22.3. The molecule has 2 unspecified atom stereocenters. The van der Waals surface area contributed by atoms with Crippen LogP contribution in [-0.4, -0.2) is 0 Å². The Hall–Kier alpha value is 0.423. The van der Waals surface area contributed by atoms with Gasteiger partial charge in [0.05, 0.1) is 0 Å². The van der Waals surface area contributed by atoms with E-state index in [2.05, 4.69) is 52.0 Å². The maximum atomic E-state index is 2.71. The molecule has 5 rings (SSSR count). The fourth-order valence-electron chi connectivity index (χ4n) is 6.82. The summed E-state index contributed by atoms with van der Waals surface area (Å²) in [6, 6.07) is 0. The monoisotopic (exact) mass is 482 g/mol. The standard InChI is InChI=1S/2C11H15.C2H4.2ClH.Zr/c2*1-11(2)8-4-6-9-5-3-7-10(9)11;1-2;;;/h2*3,5,7H,4,6,8H2,1-2H3;1-2H2;2*1H;/q;;;;;+2/p-2. The molecule has 1 heterocycles. The van der Waals surface area contributed by atoms with Crippen molar-refractivity contribution in [1.29, 1.82) is 0 Å². The molecule has 0 radical (unpaired) electrons. The summed E-state index contributed by atoms with van der Waals surface area (Å²) in [6.45, 7) is 9.96. The van der Waals surface area contributed by atoms with E-state index in [1.165, 1.54) is 38.5 Å². The summed E-state index contributed by atoms with van der Waals surface area (Å²) in [5, 5.41) is 0. The molecule has 1 aliphatic heterocycles. The molecule has 0 aromatic carbocycles. The average Bonchev–Trinajstić information content (AvgIpc) is 3.01. The zero-order valence-electron chi connectivity index (χ0n) is 17.4. The molecular formula is C24H34Cl2Zr. The van der Waals surface area contributed by atoms with Gasteiger partial charge in [0.1, 0.15) is 0 Å². The molecule has 148 valence electrons. The summed E-state index contributed by atoms with van der Waals surface area (Å²) in [6.07, 6.45) is 19.0. The molecule has 0 amide bonds. The van der Waals surface area contributed by atoms with Gasteiger partial charge in [0.15, 0.2) is 0 Å². The molecule has 0 saturated carbocycles. The van der Waals surface area contributed by atoms with Gasteiger partial charge in [-0.3, -0.25) is 0 Å². The fourth-order valence-corrected chi connectivity index (χ4v) is 23.0. The summed E-state index contributed by atoms with van der Waals surface area (Å²) in [4.78, 5) is 0. The Labute approximate surface area is 183 Å². The van der Waals surface area contributed by atoms with E-state index in [0.717, 1.165) is 7.25 Å². The van der Waals surface area contributed by atoms with Crippen molar-refractivity contribution < 1.29 is 45.1 Å². The Bertz CT molecular complexity index is 686. The maximum Gasteiger partial charge on any atom is -1.00 e. The maximum absolute atomic E-state index is 2.71. The van der Waals surface area contributed by atoms with Crippen LogP contribution in [0.15, 0.2) is 46.6 Å². The van der Waals surface area contributed by atoms with Crippen LogP contribution >= 0.6 is 0 Å². The minimum absolute atomic E-state index is 0. The largest absolute Gasteiger partial charge is 1.00 e. The molecule has 4 aliphatic carbocycles. The molecule has 0 nitrogen and oxygen atoms in total. The third-order valence-electron chi connectivity index (χ3n) is 8.37. The minimum Gasteiger partial charge on any atom is -1.00 e. The van der Waals surface area contributed by atoms with Gasteiger partial charge in [-0.1, -0.05) is 0 Å². The summed E-state index contributed by atoms with van der Waals surface area (Å²) < 4.78 is 5.17. The summed E-state index contributed by atoms with van der Waals surface area (Å²) in [5.74, 6) is 0. The van der Waals surface area contributed by atoms with Crippen LogP contribution in [0.5, 0.6) is 0 Å². The molecule has 0 aromatic heterocycles. The van der Waals surface area contributed by atoms with Crippen molar-refractivity contribution in [2.45, 2.75) is 81.7 Å². The van der Waals surface area contributed by atoms with Crippen molar-refractivity contribution in [3.8, 4) is 0 Å². The molecule has 0 N–H and O–H groups in total. The third kappa shape index (κ3) is 3.27. The zero-order chi connectivity index (χ0) is 17.4. The van der Waals surface area contributed by atoms with Crippen LogP contribution in [0.2, 0.25) is 15.5 Å². The van der Waals surface area contributed by atoms with Crippen molar-refractivity contribution in [2.24, 2.45) is 10.8 Å². The molecular weight excluding hydrogens is 450 g/mol. The first-order valence-corrected chi connectivity index (χ1v) is 17.0. The quantitative estimate of drug-likeness (QED) is 0.560. The molecule has 27 heavy (non-hydrogen) atoms. The van der Waals surface area contributed by atoms with E-state index in [1.54, 1.807) is 19.4 Å². The molecule has 0 bridgehead atoms. The van der Waals surface area contributed by atoms with Gasteiger partial charge in [-0.15, -0.1) is 0 Å². The van der Waals surface area contributed by atoms with Gasteiger partial charge < -0.3 is 24.8 Å². The Balaban J connectivity index is 0.00000105. The first-order valence-electron chi connectivity index (χ1n) is 10.7. The van der Waals surface area contributed by atoms with Gasteiger partial charge in [0, 0.05) is 0 Å². The molecule has 1 fully saturated rings. The normalized spacial score (nSPS) is 32.7. The van der Waals surface area contributed by atoms with Crippen molar-refractivity contribution in [3.05, 3.63) is 46.6 Å². The van der Waals surface area contributed by atoms with Crippen molar-refractivity contribution in [1.82, 2.24) is 0 Å². The van der Waals surface area contributed by atoms with Gasteiger partial charge in [0.25, 0.3) is 0 Å². The van der Waals surface area contributed by atoms with E-state index in [9.17, 15) is 0 Å². The number of rotatable bonds is 2. The van der Waals surface area contributed by atoms with Crippen molar-refractivity contribution in [2.75, 3.05) is 0 Å². The number of hydrogen-bond donors (Lipinski definition) is 0. The second kappa shape index (κ2) is 7.28. The number of halogens is 2. The minimum atomic E-state index is -2.11. The first-order chi connectivity index (χ1) is 11.9. The predicted octanol–water partition coefficient (Wildman–Crippen LogP) is 1.73. The molecule has 0 spiro atoms. The van der Waals surface area contributed by atoms with Crippen LogP contribution in [0, 0.1) is 10.8 Å². The van der Waals surface area contributed by atoms with Crippen LogP contribution in [-0.2, 0) is 20.3 Å². The van der Waals surface area contributed by atoms with Crippen LogP contribution in [0.1, 0.15) is 66.2 Å². The fraction of sp³-hybridized carbons (Fsp3) is 0.667. The molecule has 2 atom stereocenters. The summed E-state index contributed by atoms with van der Waals surface area (Å²) >= 11 is -2.11. The van der Waals surface area contributed by atoms with Crippen LogP contribution in [0.4, 0.5) is 0 Å². The van der Waals surface area contributed by atoms with Gasteiger partial charge in [-0.05, 0) is 0 Å². The summed E-state index contributed by atoms with van der Waals surface area (Å²) in [5.41, 5.74) is 8.22. The SMILES string of the molecule is CC1(C)CCCC2=C1C=C[CH]2[Zr+2]1([CH]2C=CC3=C2CCCC3(C)C)[CH2][CH2]1.[Cl-].[Cl-]. The molecule has 1 saturated heterocycles. The van der Waals surface area contributed by atoms with Crippen LogP contribution in [0.25, 0.3) is 0 Å². The van der Waals surface area contributed by atoms with Crippen molar-refractivity contribution in [3.63, 3.8) is 0 Å². The third-order valence-corrected chi connectivity index (χ3v) is 21.2. The van der Waals surface area contributed by atoms with E-state index in [-0.39, 0.29) is 24.8 Å². The number of hydrogen-bond acceptors (Lipinski definition) is 0. The Morgan fingerprint density at radius 3 is 1.52 bits per heavy atom. The van der Waals surface area contributed by atoms with Gasteiger partial charge in [0.2, 0.25) is 0 Å².